The standard InChI is InChI=1S/C32H24Cl2FIN2O3S/c1-18-8-10-22(15-24(18)33)37-32-38(23-11-9-19(2)25(34)16-23)31(39)29(42-32)14-20-12-27(36)30(28(13-20)40-3)41-17-21-6-4-5-7-26(21)35/h4-16H,17H2,1-3H3/b29-14+,37-32?. The first-order valence-corrected chi connectivity index (χ1v) is 15.4. The van der Waals surface area contributed by atoms with Gasteiger partial charge in [0.15, 0.2) is 16.7 Å². The molecule has 5 rings (SSSR count). The van der Waals surface area contributed by atoms with Gasteiger partial charge in [-0.3, -0.25) is 9.69 Å². The van der Waals surface area contributed by atoms with E-state index < -0.39 is 0 Å². The zero-order chi connectivity index (χ0) is 30.0. The molecule has 1 aliphatic rings. The predicted molar refractivity (Wildman–Crippen MR) is 179 cm³/mol. The average molecular weight is 733 g/mol. The van der Waals surface area contributed by atoms with Crippen molar-refractivity contribution in [2.24, 2.45) is 4.99 Å². The van der Waals surface area contributed by atoms with E-state index in [0.717, 1.165) is 20.3 Å². The number of hydrogen-bond donors (Lipinski definition) is 0. The van der Waals surface area contributed by atoms with Crippen LogP contribution in [0.2, 0.25) is 10.0 Å². The molecular formula is C32H24Cl2FIN2O3S. The van der Waals surface area contributed by atoms with E-state index in [-0.39, 0.29) is 18.3 Å². The third-order valence-electron chi connectivity index (χ3n) is 6.48. The molecule has 1 saturated heterocycles. The average Bonchev–Trinajstić information content (AvgIpc) is 3.26. The summed E-state index contributed by atoms with van der Waals surface area (Å²) in [5.74, 6) is 0.370. The van der Waals surface area contributed by atoms with E-state index in [0.29, 0.717) is 48.6 Å². The number of aryl methyl sites for hydroxylation is 2. The Morgan fingerprint density at radius 3 is 2.40 bits per heavy atom. The number of anilines is 1. The fraction of sp³-hybridized carbons (Fsp3) is 0.125. The van der Waals surface area contributed by atoms with Gasteiger partial charge in [-0.05, 0) is 113 Å². The molecule has 0 saturated carbocycles. The van der Waals surface area contributed by atoms with Crippen molar-refractivity contribution < 1.29 is 18.7 Å². The number of amides is 1. The Hall–Kier alpha value is -3.05. The highest BCUT2D eigenvalue weighted by Crippen LogP contribution is 2.41. The number of ether oxygens (including phenoxy) is 2. The van der Waals surface area contributed by atoms with E-state index in [2.05, 4.69) is 22.6 Å². The van der Waals surface area contributed by atoms with E-state index >= 15 is 0 Å². The molecule has 1 aliphatic heterocycles. The lowest BCUT2D eigenvalue weighted by Crippen LogP contribution is -2.28. The maximum Gasteiger partial charge on any atom is 0.271 e. The number of hydrogen-bond acceptors (Lipinski definition) is 5. The van der Waals surface area contributed by atoms with Gasteiger partial charge in [0.1, 0.15) is 12.4 Å². The molecule has 0 aromatic heterocycles. The summed E-state index contributed by atoms with van der Waals surface area (Å²) < 4.78 is 26.4. The molecule has 1 heterocycles. The van der Waals surface area contributed by atoms with Crippen molar-refractivity contribution in [3.63, 3.8) is 0 Å². The van der Waals surface area contributed by atoms with E-state index in [1.807, 2.05) is 44.2 Å². The Morgan fingerprint density at radius 2 is 1.71 bits per heavy atom. The highest BCUT2D eigenvalue weighted by molar-refractivity contribution is 14.1. The molecule has 1 fully saturated rings. The topological polar surface area (TPSA) is 51.1 Å². The lowest BCUT2D eigenvalue weighted by molar-refractivity contribution is -0.113. The summed E-state index contributed by atoms with van der Waals surface area (Å²) in [7, 11) is 1.54. The third kappa shape index (κ3) is 6.62. The Balaban J connectivity index is 1.51. The molecule has 0 unspecified atom stereocenters. The first kappa shape index (κ1) is 30.4. The van der Waals surface area contributed by atoms with Crippen LogP contribution in [0.3, 0.4) is 0 Å². The lowest BCUT2D eigenvalue weighted by Gasteiger charge is -2.17. The summed E-state index contributed by atoms with van der Waals surface area (Å²) in [6.07, 6.45) is 1.78. The van der Waals surface area contributed by atoms with Gasteiger partial charge < -0.3 is 9.47 Å². The summed E-state index contributed by atoms with van der Waals surface area (Å²) in [4.78, 5) is 20.6. The second-order valence-corrected chi connectivity index (χ2v) is 12.4. The molecule has 4 aromatic rings. The molecule has 5 nitrogen and oxygen atoms in total. The molecule has 0 radical (unpaired) electrons. The highest BCUT2D eigenvalue weighted by Gasteiger charge is 2.35. The first-order chi connectivity index (χ1) is 20.1. The lowest BCUT2D eigenvalue weighted by atomic mass is 10.1. The van der Waals surface area contributed by atoms with Crippen LogP contribution in [0.4, 0.5) is 15.8 Å². The van der Waals surface area contributed by atoms with Gasteiger partial charge in [0.2, 0.25) is 0 Å². The monoisotopic (exact) mass is 732 g/mol. The van der Waals surface area contributed by atoms with Crippen LogP contribution in [0.5, 0.6) is 11.5 Å². The van der Waals surface area contributed by atoms with Crippen LogP contribution in [-0.4, -0.2) is 18.2 Å². The van der Waals surface area contributed by atoms with Crippen LogP contribution in [0, 0.1) is 23.2 Å². The highest BCUT2D eigenvalue weighted by atomic mass is 127. The minimum Gasteiger partial charge on any atom is -0.493 e. The molecule has 0 bridgehead atoms. The minimum absolute atomic E-state index is 0.0464. The van der Waals surface area contributed by atoms with Crippen molar-refractivity contribution in [1.29, 1.82) is 0 Å². The van der Waals surface area contributed by atoms with Crippen molar-refractivity contribution in [3.8, 4) is 11.5 Å². The summed E-state index contributed by atoms with van der Waals surface area (Å²) in [6.45, 7) is 3.87. The Kier molecular flexibility index (Phi) is 9.47. The van der Waals surface area contributed by atoms with Gasteiger partial charge >= 0.3 is 0 Å². The van der Waals surface area contributed by atoms with Gasteiger partial charge in [0.05, 0.1) is 27.0 Å². The molecule has 0 atom stereocenters. The van der Waals surface area contributed by atoms with Crippen LogP contribution in [0.1, 0.15) is 22.3 Å². The molecule has 10 heteroatoms. The molecule has 214 valence electrons. The van der Waals surface area contributed by atoms with Gasteiger partial charge in [0.25, 0.3) is 5.91 Å². The quantitative estimate of drug-likeness (QED) is 0.140. The van der Waals surface area contributed by atoms with Crippen molar-refractivity contribution in [1.82, 2.24) is 0 Å². The number of aliphatic imine (C=N–C) groups is 1. The Labute approximate surface area is 271 Å². The number of halogens is 4. The number of carbonyl (C=O) groups is 1. The van der Waals surface area contributed by atoms with E-state index in [1.54, 1.807) is 47.4 Å². The van der Waals surface area contributed by atoms with Gasteiger partial charge in [-0.25, -0.2) is 9.38 Å². The normalized spacial score (nSPS) is 15.1. The smallest absolute Gasteiger partial charge is 0.271 e. The van der Waals surface area contributed by atoms with Gasteiger partial charge in [-0.2, -0.15) is 0 Å². The maximum absolute atomic E-state index is 14.1. The van der Waals surface area contributed by atoms with Crippen LogP contribution in [0.25, 0.3) is 6.08 Å². The first-order valence-electron chi connectivity index (χ1n) is 12.7. The molecule has 1 amide bonds. The number of benzene rings is 4. The molecule has 4 aromatic carbocycles. The zero-order valence-electron chi connectivity index (χ0n) is 22.8. The number of thioether (sulfide) groups is 1. The zero-order valence-corrected chi connectivity index (χ0v) is 27.2. The summed E-state index contributed by atoms with van der Waals surface area (Å²) in [5, 5.41) is 1.61. The number of carbonyl (C=O) groups excluding carboxylic acids is 1. The second-order valence-electron chi connectivity index (χ2n) is 9.43. The van der Waals surface area contributed by atoms with Gasteiger partial charge in [-0.1, -0.05) is 53.5 Å². The molecule has 0 aliphatic carbocycles. The summed E-state index contributed by atoms with van der Waals surface area (Å²) in [5.41, 5.74) is 4.23. The number of amidine groups is 1. The van der Waals surface area contributed by atoms with Crippen LogP contribution in [-0.2, 0) is 11.4 Å². The van der Waals surface area contributed by atoms with E-state index in [9.17, 15) is 9.18 Å². The predicted octanol–water partition coefficient (Wildman–Crippen LogP) is 9.75. The maximum atomic E-state index is 14.1. The van der Waals surface area contributed by atoms with Crippen molar-refractivity contribution >= 4 is 86.1 Å². The molecule has 42 heavy (non-hydrogen) atoms. The number of rotatable bonds is 7. The van der Waals surface area contributed by atoms with E-state index in [1.165, 1.54) is 24.9 Å². The van der Waals surface area contributed by atoms with Crippen molar-refractivity contribution in [2.45, 2.75) is 20.5 Å². The largest absolute Gasteiger partial charge is 0.493 e. The fourth-order valence-corrected chi connectivity index (χ4v) is 6.27. The Morgan fingerprint density at radius 1 is 1.00 bits per heavy atom. The second kappa shape index (κ2) is 13.1. The van der Waals surface area contributed by atoms with E-state index in [4.69, 9.17) is 37.7 Å². The fourth-order valence-electron chi connectivity index (χ4n) is 4.14. The number of nitrogens with zero attached hydrogens (tertiary/aromatic N) is 2. The summed E-state index contributed by atoms with van der Waals surface area (Å²) >= 11 is 16.2. The molecule has 0 N–H and O–H groups in total. The van der Waals surface area contributed by atoms with Gasteiger partial charge in [-0.15, -0.1) is 0 Å². The van der Waals surface area contributed by atoms with Gasteiger partial charge in [0, 0.05) is 15.6 Å². The molecular weight excluding hydrogens is 709 g/mol. The summed E-state index contributed by atoms with van der Waals surface area (Å²) in [6, 6.07) is 21.1. The van der Waals surface area contributed by atoms with Crippen LogP contribution < -0.4 is 14.4 Å². The third-order valence-corrected chi connectivity index (χ3v) is 9.06. The van der Waals surface area contributed by atoms with Crippen LogP contribution >= 0.6 is 57.6 Å². The number of methoxy groups -OCH3 is 1. The minimum atomic E-state index is -0.339. The molecule has 0 spiro atoms. The Bertz CT molecular complexity index is 1760. The SMILES string of the molecule is COc1cc(/C=C2/SC(=Nc3ccc(C)c(Cl)c3)N(c3ccc(C)c(Cl)c3)C2=O)cc(I)c1OCc1ccccc1F. The van der Waals surface area contributed by atoms with Crippen LogP contribution in [0.15, 0.2) is 82.7 Å². The van der Waals surface area contributed by atoms with Crippen molar-refractivity contribution in [2.75, 3.05) is 12.0 Å². The van der Waals surface area contributed by atoms with Crippen molar-refractivity contribution in [3.05, 3.63) is 119 Å².